The van der Waals surface area contributed by atoms with Gasteiger partial charge in [-0.1, -0.05) is 21.6 Å². The second-order valence-corrected chi connectivity index (χ2v) is 8.84. The molecule has 0 spiro atoms. The van der Waals surface area contributed by atoms with E-state index in [0.29, 0.717) is 24.6 Å². The lowest BCUT2D eigenvalue weighted by atomic mass is 10.2. The fourth-order valence-corrected chi connectivity index (χ4v) is 3.41. The molecule has 0 atom stereocenters. The van der Waals surface area contributed by atoms with Crippen molar-refractivity contribution in [2.75, 3.05) is 24.6 Å². The highest BCUT2D eigenvalue weighted by atomic mass is 33.1. The number of benzene rings is 1. The van der Waals surface area contributed by atoms with Crippen LogP contribution in [-0.4, -0.2) is 47.3 Å². The molecule has 1 aromatic carbocycles. The summed E-state index contributed by atoms with van der Waals surface area (Å²) in [4.78, 5) is 33.1. The van der Waals surface area contributed by atoms with Gasteiger partial charge in [0.2, 0.25) is 0 Å². The molecular formula is C16H23N3O6S2. The highest BCUT2D eigenvalue weighted by molar-refractivity contribution is 8.76. The molecule has 0 aliphatic carbocycles. The molecule has 0 heterocycles. The van der Waals surface area contributed by atoms with Crippen molar-refractivity contribution < 1.29 is 24.0 Å². The zero-order valence-electron chi connectivity index (χ0n) is 15.4. The first-order chi connectivity index (χ1) is 12.7. The average Bonchev–Trinajstić information content (AvgIpc) is 2.56. The lowest BCUT2D eigenvalue weighted by Crippen LogP contribution is -2.33. The topological polar surface area (TPSA) is 120 Å². The van der Waals surface area contributed by atoms with Gasteiger partial charge in [-0.15, -0.1) is 0 Å². The first-order valence-electron chi connectivity index (χ1n) is 8.09. The number of rotatable bonds is 9. The van der Waals surface area contributed by atoms with Crippen LogP contribution in [0.1, 0.15) is 20.8 Å². The maximum atomic E-state index is 11.6. The molecule has 0 saturated carbocycles. The molecule has 0 bridgehead atoms. The summed E-state index contributed by atoms with van der Waals surface area (Å²) in [6.45, 7) is 6.30. The van der Waals surface area contributed by atoms with E-state index in [4.69, 9.17) is 9.47 Å². The minimum atomic E-state index is -0.624. The molecule has 0 radical (unpaired) electrons. The predicted octanol–water partition coefficient (Wildman–Crippen LogP) is 3.59. The van der Waals surface area contributed by atoms with Gasteiger partial charge in [0.05, 0.1) is 4.92 Å². The summed E-state index contributed by atoms with van der Waals surface area (Å²) in [5.41, 5.74) is -0.585. The number of alkyl carbamates (subject to hydrolysis) is 1. The summed E-state index contributed by atoms with van der Waals surface area (Å²) < 4.78 is 10.1. The van der Waals surface area contributed by atoms with Crippen LogP contribution in [-0.2, 0) is 4.74 Å². The van der Waals surface area contributed by atoms with Crippen LogP contribution in [0.15, 0.2) is 24.3 Å². The molecule has 150 valence electrons. The zero-order chi connectivity index (χ0) is 20.3. The Bertz CT molecular complexity index is 634. The molecule has 2 amide bonds. The highest BCUT2D eigenvalue weighted by Gasteiger charge is 2.15. The van der Waals surface area contributed by atoms with Crippen molar-refractivity contribution in [3.63, 3.8) is 0 Å². The standard InChI is InChI=1S/C16H23N3O6S2/c1-16(2,3)25-15(21)18-9-11-27-26-10-8-17-14(20)24-13-6-4-12(5-7-13)19(22)23/h4-7H,8-11H2,1-3H3,(H,17,20)(H,18,21). The maximum absolute atomic E-state index is 11.6. The van der Waals surface area contributed by atoms with Crippen molar-refractivity contribution in [1.82, 2.24) is 10.6 Å². The van der Waals surface area contributed by atoms with Crippen LogP contribution >= 0.6 is 21.6 Å². The van der Waals surface area contributed by atoms with Gasteiger partial charge in [-0.2, -0.15) is 0 Å². The number of carbonyl (C=O) groups is 2. The Balaban J connectivity index is 2.05. The molecule has 9 nitrogen and oxygen atoms in total. The minimum Gasteiger partial charge on any atom is -0.444 e. The van der Waals surface area contributed by atoms with Gasteiger partial charge < -0.3 is 20.1 Å². The van der Waals surface area contributed by atoms with Crippen LogP contribution in [0.5, 0.6) is 5.75 Å². The SMILES string of the molecule is CC(C)(C)OC(=O)NCCSSCCNC(=O)Oc1ccc([N+](=O)[O-])cc1. The van der Waals surface area contributed by atoms with E-state index in [1.165, 1.54) is 24.3 Å². The molecule has 1 rings (SSSR count). The number of ether oxygens (including phenoxy) is 2. The van der Waals surface area contributed by atoms with Crippen LogP contribution in [0.25, 0.3) is 0 Å². The van der Waals surface area contributed by atoms with Gasteiger partial charge >= 0.3 is 12.2 Å². The monoisotopic (exact) mass is 417 g/mol. The number of nitrogens with one attached hydrogen (secondary N) is 2. The predicted molar refractivity (Wildman–Crippen MR) is 106 cm³/mol. The first kappa shape index (κ1) is 22.9. The number of nitro groups is 1. The lowest BCUT2D eigenvalue weighted by Gasteiger charge is -2.19. The molecule has 27 heavy (non-hydrogen) atoms. The number of nitro benzene ring substituents is 1. The van der Waals surface area contributed by atoms with Gasteiger partial charge in [-0.05, 0) is 32.9 Å². The van der Waals surface area contributed by atoms with Gasteiger partial charge in [0.25, 0.3) is 5.69 Å². The molecule has 0 saturated heterocycles. The maximum Gasteiger partial charge on any atom is 0.412 e. The Morgan fingerprint density at radius 2 is 1.56 bits per heavy atom. The van der Waals surface area contributed by atoms with E-state index in [1.807, 2.05) is 0 Å². The summed E-state index contributed by atoms with van der Waals surface area (Å²) in [5, 5.41) is 15.8. The van der Waals surface area contributed by atoms with E-state index in [1.54, 1.807) is 42.4 Å². The van der Waals surface area contributed by atoms with Crippen molar-refractivity contribution in [2.24, 2.45) is 0 Å². The Labute approximate surface area is 165 Å². The van der Waals surface area contributed by atoms with E-state index >= 15 is 0 Å². The first-order valence-corrected chi connectivity index (χ1v) is 10.6. The van der Waals surface area contributed by atoms with E-state index in [-0.39, 0.29) is 11.4 Å². The zero-order valence-corrected chi connectivity index (χ0v) is 17.0. The third-order valence-corrected chi connectivity index (χ3v) is 5.06. The van der Waals surface area contributed by atoms with Crippen LogP contribution < -0.4 is 15.4 Å². The fraction of sp³-hybridized carbons (Fsp3) is 0.500. The van der Waals surface area contributed by atoms with E-state index in [2.05, 4.69) is 10.6 Å². The van der Waals surface area contributed by atoms with Crippen molar-refractivity contribution >= 4 is 39.5 Å². The number of non-ortho nitro benzene ring substituents is 1. The summed E-state index contributed by atoms with van der Waals surface area (Å²) >= 11 is 0. The average molecular weight is 418 g/mol. The van der Waals surface area contributed by atoms with Gasteiger partial charge in [-0.3, -0.25) is 10.1 Å². The second-order valence-electron chi connectivity index (χ2n) is 6.14. The third kappa shape index (κ3) is 11.2. The molecule has 0 unspecified atom stereocenters. The summed E-state index contributed by atoms with van der Waals surface area (Å²) in [7, 11) is 3.11. The molecule has 0 aromatic heterocycles. The summed E-state index contributed by atoms with van der Waals surface area (Å²) in [5.74, 6) is 1.59. The number of carbonyl (C=O) groups excluding carboxylic acids is 2. The van der Waals surface area contributed by atoms with E-state index in [0.717, 1.165) is 0 Å². The molecule has 0 fully saturated rings. The lowest BCUT2D eigenvalue weighted by molar-refractivity contribution is -0.384. The summed E-state index contributed by atoms with van der Waals surface area (Å²) in [6.07, 6.45) is -1.06. The van der Waals surface area contributed by atoms with Gasteiger partial charge in [0.1, 0.15) is 11.4 Å². The molecule has 0 aliphatic rings. The van der Waals surface area contributed by atoms with E-state index < -0.39 is 22.7 Å². The number of hydrogen-bond donors (Lipinski definition) is 2. The Morgan fingerprint density at radius 1 is 1.04 bits per heavy atom. The Morgan fingerprint density at radius 3 is 2.04 bits per heavy atom. The van der Waals surface area contributed by atoms with Crippen LogP contribution in [0, 0.1) is 10.1 Å². The smallest absolute Gasteiger partial charge is 0.412 e. The number of nitrogens with zero attached hydrogens (tertiary/aromatic N) is 1. The van der Waals surface area contributed by atoms with Crippen molar-refractivity contribution in [2.45, 2.75) is 26.4 Å². The minimum absolute atomic E-state index is 0.0719. The Hall–Kier alpha value is -2.14. The molecule has 2 N–H and O–H groups in total. The highest BCUT2D eigenvalue weighted by Crippen LogP contribution is 2.20. The van der Waals surface area contributed by atoms with E-state index in [9.17, 15) is 19.7 Å². The van der Waals surface area contributed by atoms with Gasteiger partial charge in [0.15, 0.2) is 0 Å². The molecule has 11 heteroatoms. The normalized spacial score (nSPS) is 10.8. The van der Waals surface area contributed by atoms with Crippen LogP contribution in [0.4, 0.5) is 15.3 Å². The van der Waals surface area contributed by atoms with Gasteiger partial charge in [0, 0.05) is 36.7 Å². The Kier molecular flexibility index (Phi) is 9.79. The van der Waals surface area contributed by atoms with Crippen molar-refractivity contribution in [3.05, 3.63) is 34.4 Å². The van der Waals surface area contributed by atoms with Crippen LogP contribution in [0.2, 0.25) is 0 Å². The number of amides is 2. The third-order valence-electron chi connectivity index (χ3n) is 2.65. The molecular weight excluding hydrogens is 394 g/mol. The summed E-state index contributed by atoms with van der Waals surface area (Å²) in [6, 6.07) is 5.25. The largest absolute Gasteiger partial charge is 0.444 e. The van der Waals surface area contributed by atoms with Gasteiger partial charge in [-0.25, -0.2) is 9.59 Å². The quantitative estimate of drug-likeness (QED) is 0.271. The molecule has 1 aromatic rings. The van der Waals surface area contributed by atoms with Crippen LogP contribution in [0.3, 0.4) is 0 Å². The van der Waals surface area contributed by atoms with Crippen molar-refractivity contribution in [1.29, 1.82) is 0 Å². The number of hydrogen-bond acceptors (Lipinski definition) is 8. The fourth-order valence-electron chi connectivity index (χ4n) is 1.60. The molecule has 0 aliphatic heterocycles. The second kappa shape index (κ2) is 11.5. The van der Waals surface area contributed by atoms with Crippen molar-refractivity contribution in [3.8, 4) is 5.75 Å².